The molecule has 0 saturated carbocycles. The van der Waals surface area contributed by atoms with Crippen LogP contribution in [0.5, 0.6) is 0 Å². The van der Waals surface area contributed by atoms with Crippen LogP contribution >= 0.6 is 11.6 Å². The zero-order chi connectivity index (χ0) is 12.1. The molecular weight excluding hydrogens is 226 g/mol. The average molecular weight is 242 g/mol. The number of rotatable bonds is 5. The van der Waals surface area contributed by atoms with Crippen LogP contribution in [0, 0.1) is 5.92 Å². The third kappa shape index (κ3) is 3.70. The predicted octanol–water partition coefficient (Wildman–Crippen LogP) is 2.06. The van der Waals surface area contributed by atoms with Crippen LogP contribution < -0.4 is 10.9 Å². The molecule has 0 spiro atoms. The normalized spacial score (nSPS) is 10.5. The molecule has 4 nitrogen and oxygen atoms in total. The Morgan fingerprint density at radius 3 is 2.94 bits per heavy atom. The first-order chi connectivity index (χ1) is 7.50. The Morgan fingerprint density at radius 1 is 1.69 bits per heavy atom. The molecule has 0 bridgehead atoms. The van der Waals surface area contributed by atoms with Crippen molar-refractivity contribution in [2.24, 2.45) is 5.92 Å². The van der Waals surface area contributed by atoms with Crippen LogP contribution in [0.4, 0.5) is 5.82 Å². The molecule has 0 radical (unpaired) electrons. The summed E-state index contributed by atoms with van der Waals surface area (Å²) in [5.74, 6) is 0.723. The van der Waals surface area contributed by atoms with Gasteiger partial charge in [0.1, 0.15) is 0 Å². The summed E-state index contributed by atoms with van der Waals surface area (Å²) in [5, 5.41) is 3.29. The van der Waals surface area contributed by atoms with E-state index in [2.05, 4.69) is 30.7 Å². The van der Waals surface area contributed by atoms with E-state index in [1.165, 1.54) is 0 Å². The van der Waals surface area contributed by atoms with Crippen molar-refractivity contribution in [3.8, 4) is 0 Å². The van der Waals surface area contributed by atoms with E-state index in [0.717, 1.165) is 0 Å². The summed E-state index contributed by atoms with van der Waals surface area (Å²) in [6, 6.07) is 0. The SMILES string of the molecule is C=C(Cl)CNc1nccn(CC(C)C)c1=O. The van der Waals surface area contributed by atoms with Crippen molar-refractivity contribution in [1.29, 1.82) is 0 Å². The molecule has 0 saturated heterocycles. The van der Waals surface area contributed by atoms with Gasteiger partial charge in [0.05, 0.1) is 6.54 Å². The van der Waals surface area contributed by atoms with Gasteiger partial charge >= 0.3 is 0 Å². The molecule has 0 aromatic carbocycles. The van der Waals surface area contributed by atoms with E-state index in [1.807, 2.05) is 0 Å². The molecule has 88 valence electrons. The number of anilines is 1. The van der Waals surface area contributed by atoms with E-state index in [1.54, 1.807) is 17.0 Å². The topological polar surface area (TPSA) is 46.9 Å². The Balaban J connectivity index is 2.86. The van der Waals surface area contributed by atoms with E-state index in [-0.39, 0.29) is 5.56 Å². The average Bonchev–Trinajstić information content (AvgIpc) is 2.18. The molecule has 0 aliphatic rings. The summed E-state index contributed by atoms with van der Waals surface area (Å²) < 4.78 is 1.64. The Hall–Kier alpha value is -1.29. The third-order valence-electron chi connectivity index (χ3n) is 1.92. The monoisotopic (exact) mass is 241 g/mol. The predicted molar refractivity (Wildman–Crippen MR) is 66.8 cm³/mol. The lowest BCUT2D eigenvalue weighted by atomic mass is 10.2. The van der Waals surface area contributed by atoms with Crippen molar-refractivity contribution in [2.75, 3.05) is 11.9 Å². The van der Waals surface area contributed by atoms with Crippen molar-refractivity contribution in [3.05, 3.63) is 34.4 Å². The lowest BCUT2D eigenvalue weighted by Gasteiger charge is -2.10. The van der Waals surface area contributed by atoms with Crippen LogP contribution in [0.3, 0.4) is 0 Å². The highest BCUT2D eigenvalue weighted by atomic mass is 35.5. The minimum Gasteiger partial charge on any atom is -0.361 e. The van der Waals surface area contributed by atoms with Gasteiger partial charge in [0.2, 0.25) is 0 Å². The second kappa shape index (κ2) is 5.70. The van der Waals surface area contributed by atoms with Crippen LogP contribution in [-0.4, -0.2) is 16.1 Å². The summed E-state index contributed by atoms with van der Waals surface area (Å²) in [5.41, 5.74) is -0.130. The molecule has 1 rings (SSSR count). The maximum atomic E-state index is 11.9. The lowest BCUT2D eigenvalue weighted by molar-refractivity contribution is 0.509. The number of aromatic nitrogens is 2. The first-order valence-corrected chi connectivity index (χ1v) is 5.51. The maximum absolute atomic E-state index is 11.9. The van der Waals surface area contributed by atoms with Crippen LogP contribution in [-0.2, 0) is 6.54 Å². The molecule has 0 fully saturated rings. The zero-order valence-corrected chi connectivity index (χ0v) is 10.3. The highest BCUT2D eigenvalue weighted by Gasteiger charge is 2.05. The number of halogens is 1. The molecule has 5 heteroatoms. The second-order valence-corrected chi connectivity index (χ2v) is 4.53. The van der Waals surface area contributed by atoms with Crippen LogP contribution in [0.2, 0.25) is 0 Å². The van der Waals surface area contributed by atoms with Gasteiger partial charge in [0, 0.05) is 24.0 Å². The van der Waals surface area contributed by atoms with Crippen molar-refractivity contribution in [1.82, 2.24) is 9.55 Å². The quantitative estimate of drug-likeness (QED) is 0.859. The van der Waals surface area contributed by atoms with E-state index in [9.17, 15) is 4.79 Å². The van der Waals surface area contributed by atoms with E-state index in [0.29, 0.717) is 29.9 Å². The van der Waals surface area contributed by atoms with E-state index in [4.69, 9.17) is 11.6 Å². The number of nitrogens with one attached hydrogen (secondary N) is 1. The van der Waals surface area contributed by atoms with Crippen LogP contribution in [0.25, 0.3) is 0 Å². The zero-order valence-electron chi connectivity index (χ0n) is 9.53. The van der Waals surface area contributed by atoms with Gasteiger partial charge in [-0.15, -0.1) is 0 Å². The third-order valence-corrected chi connectivity index (χ3v) is 2.06. The molecule has 0 unspecified atom stereocenters. The second-order valence-electron chi connectivity index (χ2n) is 4.00. The van der Waals surface area contributed by atoms with Gasteiger partial charge in [0.25, 0.3) is 5.56 Å². The first kappa shape index (κ1) is 12.8. The van der Waals surface area contributed by atoms with Crippen LogP contribution in [0.15, 0.2) is 28.8 Å². The minimum atomic E-state index is -0.130. The van der Waals surface area contributed by atoms with Gasteiger partial charge in [-0.1, -0.05) is 32.0 Å². The molecule has 1 aromatic heterocycles. The Kier molecular flexibility index (Phi) is 4.55. The largest absolute Gasteiger partial charge is 0.361 e. The fourth-order valence-electron chi connectivity index (χ4n) is 1.29. The number of hydrogen-bond donors (Lipinski definition) is 1. The molecule has 0 aliphatic heterocycles. The number of nitrogens with zero attached hydrogens (tertiary/aromatic N) is 2. The van der Waals surface area contributed by atoms with E-state index >= 15 is 0 Å². The summed E-state index contributed by atoms with van der Waals surface area (Å²) in [7, 11) is 0. The van der Waals surface area contributed by atoms with Crippen molar-refractivity contribution in [2.45, 2.75) is 20.4 Å². The highest BCUT2D eigenvalue weighted by molar-refractivity contribution is 6.29. The molecule has 0 aliphatic carbocycles. The van der Waals surface area contributed by atoms with Crippen molar-refractivity contribution >= 4 is 17.4 Å². The molecule has 1 aromatic rings. The molecule has 0 atom stereocenters. The Labute approximate surface area is 100.0 Å². The van der Waals surface area contributed by atoms with Gasteiger partial charge in [-0.25, -0.2) is 4.98 Å². The first-order valence-electron chi connectivity index (χ1n) is 5.13. The van der Waals surface area contributed by atoms with Gasteiger partial charge in [-0.3, -0.25) is 4.79 Å². The van der Waals surface area contributed by atoms with Gasteiger partial charge in [-0.2, -0.15) is 0 Å². The Bertz CT molecular complexity index is 425. The molecule has 1 heterocycles. The van der Waals surface area contributed by atoms with Crippen molar-refractivity contribution < 1.29 is 0 Å². The molecule has 1 N–H and O–H groups in total. The summed E-state index contributed by atoms with van der Waals surface area (Å²) in [6.07, 6.45) is 3.28. The lowest BCUT2D eigenvalue weighted by Crippen LogP contribution is -2.26. The summed E-state index contributed by atoms with van der Waals surface area (Å²) in [6.45, 7) is 8.67. The van der Waals surface area contributed by atoms with Gasteiger partial charge < -0.3 is 9.88 Å². The molecule has 0 amide bonds. The van der Waals surface area contributed by atoms with Gasteiger partial charge in [0.15, 0.2) is 5.82 Å². The van der Waals surface area contributed by atoms with Crippen molar-refractivity contribution in [3.63, 3.8) is 0 Å². The van der Waals surface area contributed by atoms with Gasteiger partial charge in [-0.05, 0) is 5.92 Å². The number of hydrogen-bond acceptors (Lipinski definition) is 3. The summed E-state index contributed by atoms with van der Waals surface area (Å²) in [4.78, 5) is 15.9. The maximum Gasteiger partial charge on any atom is 0.293 e. The standard InChI is InChI=1S/C11H16ClN3O/c1-8(2)7-15-5-4-13-10(11(15)16)14-6-9(3)12/h4-5,8H,3,6-7H2,1-2H3,(H,13,14). The molecular formula is C11H16ClN3O. The Morgan fingerprint density at radius 2 is 2.38 bits per heavy atom. The minimum absolute atomic E-state index is 0.130. The van der Waals surface area contributed by atoms with E-state index < -0.39 is 0 Å². The smallest absolute Gasteiger partial charge is 0.293 e. The fourth-order valence-corrected chi connectivity index (χ4v) is 1.35. The fraction of sp³-hybridized carbons (Fsp3) is 0.455. The summed E-state index contributed by atoms with van der Waals surface area (Å²) >= 11 is 5.61. The molecule has 16 heavy (non-hydrogen) atoms. The highest BCUT2D eigenvalue weighted by Crippen LogP contribution is 2.01. The van der Waals surface area contributed by atoms with Crippen LogP contribution in [0.1, 0.15) is 13.8 Å².